The number of carbonyl (C=O) groups is 1. The van der Waals surface area contributed by atoms with Crippen molar-refractivity contribution in [3.8, 4) is 0 Å². The van der Waals surface area contributed by atoms with E-state index in [1.807, 2.05) is 24.3 Å². The molecule has 2 amide bonds. The van der Waals surface area contributed by atoms with Crippen molar-refractivity contribution in [2.45, 2.75) is 37.6 Å². The van der Waals surface area contributed by atoms with Crippen LogP contribution in [0.2, 0.25) is 0 Å². The van der Waals surface area contributed by atoms with Crippen LogP contribution in [0.25, 0.3) is 0 Å². The molecular weight excluding hydrogens is 450 g/mol. The highest BCUT2D eigenvalue weighted by atomic mass is 35.5. The molecule has 2 aromatic rings. The van der Waals surface area contributed by atoms with Gasteiger partial charge >= 0.3 is 6.03 Å². The molecule has 0 saturated carbocycles. The molecule has 1 N–H and O–H groups in total. The van der Waals surface area contributed by atoms with Crippen molar-refractivity contribution in [3.05, 3.63) is 76.2 Å². The fourth-order valence-corrected chi connectivity index (χ4v) is 4.76. The van der Waals surface area contributed by atoms with E-state index in [4.69, 9.17) is 11.6 Å². The molecular formula is C24H29ClF2N4O2. The summed E-state index contributed by atoms with van der Waals surface area (Å²) in [5.74, 6) is -0.429. The number of nitroso groups, excluding NO2 is 1. The van der Waals surface area contributed by atoms with Crippen LogP contribution in [0.15, 0.2) is 53.8 Å². The number of urea groups is 1. The lowest BCUT2D eigenvalue weighted by Crippen LogP contribution is -2.43. The summed E-state index contributed by atoms with van der Waals surface area (Å²) in [4.78, 5) is 24.9. The van der Waals surface area contributed by atoms with Gasteiger partial charge in [-0.2, -0.15) is 5.01 Å². The molecule has 1 aliphatic heterocycles. The molecule has 0 unspecified atom stereocenters. The maximum absolute atomic E-state index is 13.6. The number of unbranched alkanes of at least 4 members (excludes halogenated alkanes) is 2. The molecule has 2 aromatic carbocycles. The van der Waals surface area contributed by atoms with Crippen molar-refractivity contribution in [2.75, 3.05) is 32.1 Å². The van der Waals surface area contributed by atoms with E-state index in [0.29, 0.717) is 6.54 Å². The standard InChI is InChI=1S/C24H29ClF2N4O2/c25-14-18-31(29-33)23(32)28-15-2-1-3-16-30-17-4-13-24(30,19-5-9-21(26)10-6-19)20-7-11-22(27)12-8-20/h5-12H,1-4,13-18H2,(H,28,32). The summed E-state index contributed by atoms with van der Waals surface area (Å²) in [6, 6.07) is 12.6. The number of alkyl halides is 1. The smallest absolute Gasteiger partial charge is 0.336 e. The van der Waals surface area contributed by atoms with Gasteiger partial charge < -0.3 is 5.32 Å². The molecule has 0 aliphatic carbocycles. The van der Waals surface area contributed by atoms with Crippen molar-refractivity contribution in [3.63, 3.8) is 0 Å². The maximum Gasteiger partial charge on any atom is 0.340 e. The largest absolute Gasteiger partial charge is 0.340 e. The number of hydrogen-bond donors (Lipinski definition) is 1. The Balaban J connectivity index is 1.61. The summed E-state index contributed by atoms with van der Waals surface area (Å²) in [7, 11) is 0. The lowest BCUT2D eigenvalue weighted by atomic mass is 9.80. The van der Waals surface area contributed by atoms with Crippen LogP contribution in [-0.4, -0.2) is 48.0 Å². The third-order valence-corrected chi connectivity index (χ3v) is 6.33. The molecule has 0 atom stereocenters. The zero-order valence-electron chi connectivity index (χ0n) is 18.5. The Bertz CT molecular complexity index is 866. The minimum atomic E-state index is -0.545. The van der Waals surface area contributed by atoms with E-state index in [2.05, 4.69) is 15.5 Å². The topological polar surface area (TPSA) is 65.0 Å². The molecule has 33 heavy (non-hydrogen) atoms. The van der Waals surface area contributed by atoms with E-state index in [1.54, 1.807) is 0 Å². The first kappa shape index (κ1) is 25.1. The second-order valence-corrected chi connectivity index (χ2v) is 8.53. The molecule has 6 nitrogen and oxygen atoms in total. The number of nitrogens with zero attached hydrogens (tertiary/aromatic N) is 3. The van der Waals surface area contributed by atoms with Crippen LogP contribution in [0.4, 0.5) is 13.6 Å². The minimum Gasteiger partial charge on any atom is -0.336 e. The highest BCUT2D eigenvalue weighted by molar-refractivity contribution is 6.18. The van der Waals surface area contributed by atoms with Gasteiger partial charge in [-0.25, -0.2) is 13.6 Å². The molecule has 0 aromatic heterocycles. The van der Waals surface area contributed by atoms with Gasteiger partial charge in [0.2, 0.25) is 0 Å². The molecule has 1 aliphatic rings. The van der Waals surface area contributed by atoms with Crippen molar-refractivity contribution in [1.82, 2.24) is 15.2 Å². The van der Waals surface area contributed by atoms with Gasteiger partial charge in [0.05, 0.1) is 17.4 Å². The first-order valence-electron chi connectivity index (χ1n) is 11.2. The zero-order chi connectivity index (χ0) is 23.7. The summed E-state index contributed by atoms with van der Waals surface area (Å²) < 4.78 is 27.2. The molecule has 1 heterocycles. The third-order valence-electron chi connectivity index (χ3n) is 6.16. The Labute approximate surface area is 197 Å². The molecule has 1 fully saturated rings. The second-order valence-electron chi connectivity index (χ2n) is 8.15. The lowest BCUT2D eigenvalue weighted by molar-refractivity contribution is 0.173. The van der Waals surface area contributed by atoms with Gasteiger partial charge in [0.15, 0.2) is 0 Å². The summed E-state index contributed by atoms with van der Waals surface area (Å²) in [6.07, 6.45) is 4.39. The van der Waals surface area contributed by atoms with Crippen molar-refractivity contribution < 1.29 is 13.6 Å². The molecule has 0 radical (unpaired) electrons. The van der Waals surface area contributed by atoms with Gasteiger partial charge in [0.25, 0.3) is 0 Å². The lowest BCUT2D eigenvalue weighted by Gasteiger charge is -2.40. The van der Waals surface area contributed by atoms with Gasteiger partial charge in [-0.05, 0) is 74.2 Å². The van der Waals surface area contributed by atoms with Crippen molar-refractivity contribution in [2.24, 2.45) is 5.29 Å². The Kier molecular flexibility index (Phi) is 9.14. The highest BCUT2D eigenvalue weighted by Crippen LogP contribution is 2.44. The van der Waals surface area contributed by atoms with E-state index < -0.39 is 11.6 Å². The van der Waals surface area contributed by atoms with Gasteiger partial charge in [-0.1, -0.05) is 30.7 Å². The molecule has 178 valence electrons. The number of benzene rings is 2. The summed E-state index contributed by atoms with van der Waals surface area (Å²) in [5.41, 5.74) is 1.58. The molecule has 3 rings (SSSR count). The second kappa shape index (κ2) is 12.0. The van der Waals surface area contributed by atoms with Crippen LogP contribution in [0.5, 0.6) is 0 Å². The van der Waals surface area contributed by atoms with Crippen LogP contribution < -0.4 is 5.32 Å². The quantitative estimate of drug-likeness (QED) is 0.203. The fourth-order valence-electron chi connectivity index (χ4n) is 4.60. The van der Waals surface area contributed by atoms with E-state index in [1.165, 1.54) is 24.3 Å². The monoisotopic (exact) mass is 478 g/mol. The van der Waals surface area contributed by atoms with E-state index in [9.17, 15) is 18.5 Å². The zero-order valence-corrected chi connectivity index (χ0v) is 19.2. The SMILES string of the molecule is O=NN(CCCl)C(=O)NCCCCCN1CCCC1(c1ccc(F)cc1)c1ccc(F)cc1. The van der Waals surface area contributed by atoms with Gasteiger partial charge in [0, 0.05) is 12.4 Å². The number of hydrogen-bond acceptors (Lipinski definition) is 4. The van der Waals surface area contributed by atoms with E-state index in [-0.39, 0.29) is 24.1 Å². The normalized spacial score (nSPS) is 15.4. The Morgan fingerprint density at radius 2 is 1.64 bits per heavy atom. The third kappa shape index (κ3) is 6.06. The van der Waals surface area contributed by atoms with Crippen LogP contribution in [0.1, 0.15) is 43.2 Å². The average molecular weight is 479 g/mol. The summed E-state index contributed by atoms with van der Waals surface area (Å²) in [5, 5.41) is 6.11. The summed E-state index contributed by atoms with van der Waals surface area (Å²) in [6.45, 7) is 2.22. The van der Waals surface area contributed by atoms with Crippen LogP contribution in [-0.2, 0) is 5.54 Å². The first-order chi connectivity index (χ1) is 16.0. The van der Waals surface area contributed by atoms with Gasteiger partial charge in [-0.3, -0.25) is 4.90 Å². The minimum absolute atomic E-state index is 0.0701. The predicted molar refractivity (Wildman–Crippen MR) is 125 cm³/mol. The van der Waals surface area contributed by atoms with Crippen LogP contribution >= 0.6 is 11.6 Å². The summed E-state index contributed by atoms with van der Waals surface area (Å²) >= 11 is 5.55. The van der Waals surface area contributed by atoms with Crippen LogP contribution in [0, 0.1) is 16.5 Å². The van der Waals surface area contributed by atoms with Crippen molar-refractivity contribution >= 4 is 17.6 Å². The van der Waals surface area contributed by atoms with Crippen molar-refractivity contribution in [1.29, 1.82) is 0 Å². The molecule has 1 saturated heterocycles. The van der Waals surface area contributed by atoms with Crippen LogP contribution in [0.3, 0.4) is 0 Å². The maximum atomic E-state index is 13.6. The van der Waals surface area contributed by atoms with E-state index in [0.717, 1.165) is 61.3 Å². The number of nitrogens with one attached hydrogen (secondary N) is 1. The molecule has 9 heteroatoms. The Hall–Kier alpha value is -2.58. The average Bonchev–Trinajstić information content (AvgIpc) is 3.25. The Morgan fingerprint density at radius 3 is 2.18 bits per heavy atom. The number of rotatable bonds is 11. The molecule has 0 bridgehead atoms. The fraction of sp³-hybridized carbons (Fsp3) is 0.458. The first-order valence-corrected chi connectivity index (χ1v) is 11.8. The number of likely N-dealkylation sites (tertiary alicyclic amines) is 1. The predicted octanol–water partition coefficient (Wildman–Crippen LogP) is 5.41. The number of halogens is 3. The Morgan fingerprint density at radius 1 is 1.03 bits per heavy atom. The van der Waals surface area contributed by atoms with E-state index >= 15 is 0 Å². The molecule has 0 spiro atoms. The van der Waals surface area contributed by atoms with Gasteiger partial charge in [-0.15, -0.1) is 16.5 Å². The highest BCUT2D eigenvalue weighted by Gasteiger charge is 2.43. The van der Waals surface area contributed by atoms with Gasteiger partial charge in [0.1, 0.15) is 11.6 Å². The number of carbonyl (C=O) groups excluding carboxylic acids is 1. The number of amides is 2.